The second-order valence-corrected chi connectivity index (χ2v) is 4.20. The van der Waals surface area contributed by atoms with E-state index in [4.69, 9.17) is 4.74 Å². The minimum atomic E-state index is -0.201. The summed E-state index contributed by atoms with van der Waals surface area (Å²) in [5.41, 5.74) is 1.62. The fourth-order valence-corrected chi connectivity index (χ4v) is 1.62. The highest BCUT2D eigenvalue weighted by molar-refractivity contribution is 5.35. The Hall–Kier alpha value is -1.51. The summed E-state index contributed by atoms with van der Waals surface area (Å²) in [6.45, 7) is 9.23. The van der Waals surface area contributed by atoms with Crippen LogP contribution in [0.1, 0.15) is 32.3 Å². The molecule has 0 saturated heterocycles. The number of ether oxygens (including phenoxy) is 1. The second kappa shape index (κ2) is 7.75. The SMILES string of the molecule is C=C(CC)NCCc1c(F)cccc1OCCC. The number of rotatable bonds is 8. The molecule has 2 nitrogen and oxygen atoms in total. The average molecular weight is 251 g/mol. The molecule has 1 rings (SSSR count). The number of nitrogens with one attached hydrogen (secondary N) is 1. The van der Waals surface area contributed by atoms with E-state index < -0.39 is 0 Å². The van der Waals surface area contributed by atoms with E-state index in [0.717, 1.165) is 18.5 Å². The Bertz CT molecular complexity index is 390. The molecule has 0 bridgehead atoms. The van der Waals surface area contributed by atoms with Crippen molar-refractivity contribution in [3.63, 3.8) is 0 Å². The van der Waals surface area contributed by atoms with Crippen molar-refractivity contribution in [1.82, 2.24) is 5.32 Å². The van der Waals surface area contributed by atoms with Crippen LogP contribution < -0.4 is 10.1 Å². The van der Waals surface area contributed by atoms with Gasteiger partial charge in [0.15, 0.2) is 0 Å². The Morgan fingerprint density at radius 2 is 2.17 bits per heavy atom. The van der Waals surface area contributed by atoms with Gasteiger partial charge in [0.05, 0.1) is 6.61 Å². The Morgan fingerprint density at radius 1 is 1.39 bits per heavy atom. The zero-order chi connectivity index (χ0) is 13.4. The molecule has 1 aromatic rings. The van der Waals surface area contributed by atoms with Crippen LogP contribution in [-0.2, 0) is 6.42 Å². The van der Waals surface area contributed by atoms with E-state index in [1.165, 1.54) is 6.07 Å². The van der Waals surface area contributed by atoms with Crippen molar-refractivity contribution in [2.45, 2.75) is 33.1 Å². The number of hydrogen-bond donors (Lipinski definition) is 1. The first kappa shape index (κ1) is 14.6. The van der Waals surface area contributed by atoms with Gasteiger partial charge >= 0.3 is 0 Å². The van der Waals surface area contributed by atoms with Crippen LogP contribution in [-0.4, -0.2) is 13.2 Å². The molecule has 18 heavy (non-hydrogen) atoms. The van der Waals surface area contributed by atoms with Crippen LogP contribution >= 0.6 is 0 Å². The highest BCUT2D eigenvalue weighted by atomic mass is 19.1. The van der Waals surface area contributed by atoms with Gasteiger partial charge in [0, 0.05) is 17.8 Å². The van der Waals surface area contributed by atoms with E-state index in [9.17, 15) is 4.39 Å². The van der Waals surface area contributed by atoms with Crippen LogP contribution in [0.5, 0.6) is 5.75 Å². The number of benzene rings is 1. The summed E-state index contributed by atoms with van der Waals surface area (Å²) in [4.78, 5) is 0. The summed E-state index contributed by atoms with van der Waals surface area (Å²) in [6, 6.07) is 4.98. The summed E-state index contributed by atoms with van der Waals surface area (Å²) in [6.07, 6.45) is 2.40. The van der Waals surface area contributed by atoms with Crippen LogP contribution in [0.25, 0.3) is 0 Å². The van der Waals surface area contributed by atoms with E-state index in [2.05, 4.69) is 11.9 Å². The van der Waals surface area contributed by atoms with Crippen molar-refractivity contribution in [3.8, 4) is 5.75 Å². The molecule has 0 aliphatic carbocycles. The molecule has 0 saturated carbocycles. The topological polar surface area (TPSA) is 21.3 Å². The Labute approximate surface area is 109 Å². The van der Waals surface area contributed by atoms with Gasteiger partial charge in [0.2, 0.25) is 0 Å². The van der Waals surface area contributed by atoms with Crippen LogP contribution in [0.15, 0.2) is 30.5 Å². The predicted molar refractivity (Wildman–Crippen MR) is 73.3 cm³/mol. The molecular formula is C15H22FNO. The maximum Gasteiger partial charge on any atom is 0.130 e. The smallest absolute Gasteiger partial charge is 0.130 e. The van der Waals surface area contributed by atoms with Crippen LogP contribution in [0, 0.1) is 5.82 Å². The normalized spacial score (nSPS) is 10.2. The van der Waals surface area contributed by atoms with Crippen molar-refractivity contribution in [2.75, 3.05) is 13.2 Å². The minimum absolute atomic E-state index is 0.201. The summed E-state index contributed by atoms with van der Waals surface area (Å²) < 4.78 is 19.3. The zero-order valence-electron chi connectivity index (χ0n) is 11.3. The minimum Gasteiger partial charge on any atom is -0.493 e. The summed E-state index contributed by atoms with van der Waals surface area (Å²) in [5.74, 6) is 0.452. The molecule has 1 aromatic carbocycles. The Balaban J connectivity index is 2.64. The molecular weight excluding hydrogens is 229 g/mol. The number of hydrogen-bond acceptors (Lipinski definition) is 2. The van der Waals surface area contributed by atoms with Gasteiger partial charge in [-0.05, 0) is 31.4 Å². The van der Waals surface area contributed by atoms with Gasteiger partial charge in [-0.15, -0.1) is 0 Å². The maximum atomic E-state index is 13.8. The van der Waals surface area contributed by atoms with Crippen LogP contribution in [0.2, 0.25) is 0 Å². The Kier molecular flexibility index (Phi) is 6.26. The molecule has 0 unspecified atom stereocenters. The summed E-state index contributed by atoms with van der Waals surface area (Å²) in [5, 5.41) is 3.17. The van der Waals surface area contributed by atoms with Crippen molar-refractivity contribution >= 4 is 0 Å². The molecule has 0 aliphatic rings. The molecule has 100 valence electrons. The van der Waals surface area contributed by atoms with Crippen LogP contribution in [0.4, 0.5) is 4.39 Å². The molecule has 0 aromatic heterocycles. The third kappa shape index (κ3) is 4.40. The average Bonchev–Trinajstić information content (AvgIpc) is 2.38. The molecule has 0 aliphatic heterocycles. The van der Waals surface area contributed by atoms with Gasteiger partial charge < -0.3 is 10.1 Å². The number of allylic oxidation sites excluding steroid dienone is 1. The molecule has 1 N–H and O–H groups in total. The van der Waals surface area contributed by atoms with Crippen molar-refractivity contribution in [3.05, 3.63) is 41.9 Å². The molecule has 0 radical (unpaired) electrons. The third-order valence-electron chi connectivity index (χ3n) is 2.71. The largest absolute Gasteiger partial charge is 0.493 e. The fourth-order valence-electron chi connectivity index (χ4n) is 1.62. The zero-order valence-corrected chi connectivity index (χ0v) is 11.3. The van der Waals surface area contributed by atoms with E-state index in [1.807, 2.05) is 19.9 Å². The Morgan fingerprint density at radius 3 is 2.83 bits per heavy atom. The lowest BCUT2D eigenvalue weighted by atomic mass is 10.1. The van der Waals surface area contributed by atoms with E-state index in [-0.39, 0.29) is 5.82 Å². The van der Waals surface area contributed by atoms with Crippen molar-refractivity contribution < 1.29 is 9.13 Å². The first-order chi connectivity index (χ1) is 8.69. The first-order valence-corrected chi connectivity index (χ1v) is 6.50. The fraction of sp³-hybridized carbons (Fsp3) is 0.467. The molecule has 0 spiro atoms. The second-order valence-electron chi connectivity index (χ2n) is 4.20. The summed E-state index contributed by atoms with van der Waals surface area (Å²) >= 11 is 0. The summed E-state index contributed by atoms with van der Waals surface area (Å²) in [7, 11) is 0. The molecule has 0 amide bonds. The monoisotopic (exact) mass is 251 g/mol. The van der Waals surface area contributed by atoms with Crippen molar-refractivity contribution in [2.24, 2.45) is 0 Å². The van der Waals surface area contributed by atoms with E-state index >= 15 is 0 Å². The van der Waals surface area contributed by atoms with Crippen molar-refractivity contribution in [1.29, 1.82) is 0 Å². The van der Waals surface area contributed by atoms with Gasteiger partial charge in [-0.2, -0.15) is 0 Å². The third-order valence-corrected chi connectivity index (χ3v) is 2.71. The van der Waals surface area contributed by atoms with Gasteiger partial charge in [-0.3, -0.25) is 0 Å². The van der Waals surface area contributed by atoms with Gasteiger partial charge in [-0.1, -0.05) is 26.5 Å². The predicted octanol–water partition coefficient (Wildman–Crippen LogP) is 3.67. The molecule has 0 fully saturated rings. The van der Waals surface area contributed by atoms with Crippen LogP contribution in [0.3, 0.4) is 0 Å². The lowest BCUT2D eigenvalue weighted by Gasteiger charge is -2.13. The number of halogens is 1. The van der Waals surface area contributed by atoms with Gasteiger partial charge in [-0.25, -0.2) is 4.39 Å². The molecule has 0 heterocycles. The van der Waals surface area contributed by atoms with E-state index in [0.29, 0.717) is 30.9 Å². The first-order valence-electron chi connectivity index (χ1n) is 6.50. The quantitative estimate of drug-likeness (QED) is 0.761. The highest BCUT2D eigenvalue weighted by Gasteiger charge is 2.09. The molecule has 3 heteroatoms. The lowest BCUT2D eigenvalue weighted by molar-refractivity contribution is 0.311. The molecule has 0 atom stereocenters. The lowest BCUT2D eigenvalue weighted by Crippen LogP contribution is -2.16. The highest BCUT2D eigenvalue weighted by Crippen LogP contribution is 2.22. The van der Waals surface area contributed by atoms with Gasteiger partial charge in [0.1, 0.15) is 11.6 Å². The van der Waals surface area contributed by atoms with Gasteiger partial charge in [0.25, 0.3) is 0 Å². The standard InChI is InChI=1S/C15H22FNO/c1-4-11-18-15-8-6-7-14(16)13(15)9-10-17-12(3)5-2/h6-8,17H,3-5,9-11H2,1-2H3. The maximum absolute atomic E-state index is 13.8. The van der Waals surface area contributed by atoms with E-state index in [1.54, 1.807) is 6.07 Å².